The summed E-state index contributed by atoms with van der Waals surface area (Å²) < 4.78 is 0. The van der Waals surface area contributed by atoms with Gasteiger partial charge >= 0.3 is 0 Å². The molecule has 2 aliphatic heterocycles. The predicted molar refractivity (Wildman–Crippen MR) is 158 cm³/mol. The Morgan fingerprint density at radius 2 is 1.57 bits per heavy atom. The van der Waals surface area contributed by atoms with E-state index >= 15 is 0 Å². The van der Waals surface area contributed by atoms with Gasteiger partial charge in [-0.1, -0.05) is 50.3 Å². The van der Waals surface area contributed by atoms with Gasteiger partial charge in [-0.3, -0.25) is 24.2 Å². The van der Waals surface area contributed by atoms with Crippen LogP contribution in [0.3, 0.4) is 0 Å². The second kappa shape index (κ2) is 12.5. The lowest BCUT2D eigenvalue weighted by molar-refractivity contribution is -0.146. The third kappa shape index (κ3) is 6.60. The number of thioether (sulfide) groups is 1. The Morgan fingerprint density at radius 3 is 2.20 bits per heavy atom. The maximum Gasteiger partial charge on any atom is 0.237 e. The Morgan fingerprint density at radius 1 is 0.975 bits per heavy atom. The Bertz CT molecular complexity index is 1040. The lowest BCUT2D eigenvalue weighted by Gasteiger charge is -2.47. The molecule has 0 spiro atoms. The molecule has 5 rings (SSSR count). The van der Waals surface area contributed by atoms with E-state index in [1.807, 2.05) is 51.1 Å². The third-order valence-corrected chi connectivity index (χ3v) is 10.7. The molecule has 4 aliphatic rings. The molecule has 7 atom stereocenters. The van der Waals surface area contributed by atoms with Gasteiger partial charge in [0.2, 0.25) is 17.7 Å². The highest BCUT2D eigenvalue weighted by Crippen LogP contribution is 2.41. The number of aliphatic hydroxyl groups excluding tert-OH is 1. The van der Waals surface area contributed by atoms with E-state index < -0.39 is 12.1 Å². The number of carbonyl (C=O) groups is 3. The molecule has 2 saturated carbocycles. The quantitative estimate of drug-likeness (QED) is 0.355. The molecule has 40 heavy (non-hydrogen) atoms. The van der Waals surface area contributed by atoms with Gasteiger partial charge in [-0.25, -0.2) is 0 Å². The van der Waals surface area contributed by atoms with Gasteiger partial charge in [0.15, 0.2) is 0 Å². The number of imide groups is 1. The van der Waals surface area contributed by atoms with Crippen LogP contribution in [0.4, 0.5) is 0 Å². The van der Waals surface area contributed by atoms with E-state index in [0.29, 0.717) is 17.6 Å². The molecule has 4 fully saturated rings. The summed E-state index contributed by atoms with van der Waals surface area (Å²) in [5, 5.41) is 15.0. The normalized spacial score (nSPS) is 30.9. The fourth-order valence-corrected chi connectivity index (χ4v) is 8.64. The molecule has 2 N–H and O–H groups in total. The van der Waals surface area contributed by atoms with E-state index in [9.17, 15) is 19.5 Å². The summed E-state index contributed by atoms with van der Waals surface area (Å²) in [4.78, 5) is 45.4. The Kier molecular flexibility index (Phi) is 9.27. The number of piperidine rings is 1. The number of amides is 3. The Balaban J connectivity index is 1.38. The number of β-amino-alcohol motifs (C(OH)–C–C–N with tert-alkyl or cyclic N) is 1. The number of carbonyl (C=O) groups excluding carboxylic acids is 3. The van der Waals surface area contributed by atoms with Crippen molar-refractivity contribution in [2.75, 3.05) is 18.8 Å². The molecule has 220 valence electrons. The molecule has 3 amide bonds. The highest BCUT2D eigenvalue weighted by atomic mass is 32.2. The second-order valence-corrected chi connectivity index (χ2v) is 14.6. The molecular weight excluding hydrogens is 522 g/mol. The van der Waals surface area contributed by atoms with E-state index in [1.165, 1.54) is 17.7 Å². The van der Waals surface area contributed by atoms with Crippen molar-refractivity contribution in [3.05, 3.63) is 30.3 Å². The number of rotatable bonds is 8. The van der Waals surface area contributed by atoms with Gasteiger partial charge < -0.3 is 10.4 Å². The van der Waals surface area contributed by atoms with Crippen molar-refractivity contribution >= 4 is 29.5 Å². The van der Waals surface area contributed by atoms with Crippen molar-refractivity contribution in [2.45, 2.75) is 107 Å². The van der Waals surface area contributed by atoms with Crippen LogP contribution in [0.1, 0.15) is 78.6 Å². The number of benzene rings is 1. The highest BCUT2D eigenvalue weighted by Gasteiger charge is 2.52. The van der Waals surface area contributed by atoms with Crippen molar-refractivity contribution in [1.82, 2.24) is 15.1 Å². The second-order valence-electron chi connectivity index (χ2n) is 13.6. The van der Waals surface area contributed by atoms with Crippen LogP contribution in [0, 0.1) is 23.7 Å². The number of nitrogens with zero attached hydrogens (tertiary/aromatic N) is 2. The fourth-order valence-electron chi connectivity index (χ4n) is 7.56. The van der Waals surface area contributed by atoms with E-state index in [2.05, 4.69) is 10.2 Å². The number of fused-ring (bicyclic) bond motifs is 2. The van der Waals surface area contributed by atoms with E-state index in [4.69, 9.17) is 0 Å². The van der Waals surface area contributed by atoms with E-state index in [1.54, 1.807) is 11.8 Å². The standard InChI is InChI=1S/C32H47N3O4S/c1-32(2,3)33-29(37)26-17-21-11-7-8-12-22(21)18-34(26)19-28(36)27(20-40-23-13-5-4-6-14-23)35-30(38)24-15-9-10-16-25(24)31(35)39/h4-6,13-14,21-22,24-28,36H,7-12,15-20H2,1-3H3,(H,33,37)/t21?,22?,24?,25?,26-,27-,28?/m0/s1. The molecule has 7 nitrogen and oxygen atoms in total. The largest absolute Gasteiger partial charge is 0.390 e. The van der Waals surface area contributed by atoms with Crippen LogP contribution in [0.25, 0.3) is 0 Å². The van der Waals surface area contributed by atoms with Crippen molar-refractivity contribution in [2.24, 2.45) is 23.7 Å². The first kappa shape index (κ1) is 29.6. The number of likely N-dealkylation sites (tertiary alicyclic amines) is 2. The molecule has 5 unspecified atom stereocenters. The van der Waals surface area contributed by atoms with Crippen LogP contribution in [-0.4, -0.2) is 75.2 Å². The summed E-state index contributed by atoms with van der Waals surface area (Å²) in [7, 11) is 0. The molecule has 0 bridgehead atoms. The van der Waals surface area contributed by atoms with Gasteiger partial charge in [-0.05, 0) is 70.4 Å². The van der Waals surface area contributed by atoms with Gasteiger partial charge in [0.05, 0.1) is 30.0 Å². The molecule has 2 heterocycles. The highest BCUT2D eigenvalue weighted by molar-refractivity contribution is 7.99. The summed E-state index contributed by atoms with van der Waals surface area (Å²) in [6, 6.07) is 8.99. The summed E-state index contributed by atoms with van der Waals surface area (Å²) in [6.07, 6.45) is 8.07. The molecule has 8 heteroatoms. The zero-order valence-electron chi connectivity index (χ0n) is 24.4. The molecule has 2 saturated heterocycles. The van der Waals surface area contributed by atoms with Crippen molar-refractivity contribution < 1.29 is 19.5 Å². The van der Waals surface area contributed by atoms with Crippen LogP contribution < -0.4 is 5.32 Å². The van der Waals surface area contributed by atoms with Crippen LogP contribution >= 0.6 is 11.8 Å². The Hall–Kier alpha value is -1.90. The molecule has 1 aromatic carbocycles. The van der Waals surface area contributed by atoms with Crippen molar-refractivity contribution in [3.8, 4) is 0 Å². The number of hydrogen-bond acceptors (Lipinski definition) is 6. The summed E-state index contributed by atoms with van der Waals surface area (Å²) in [5.74, 6) is 0.781. The zero-order chi connectivity index (χ0) is 28.4. The molecule has 0 radical (unpaired) electrons. The lowest BCUT2D eigenvalue weighted by atomic mass is 9.72. The van der Waals surface area contributed by atoms with E-state index in [0.717, 1.165) is 56.4 Å². The average molecular weight is 570 g/mol. The first-order valence-corrected chi connectivity index (χ1v) is 16.4. The van der Waals surface area contributed by atoms with Crippen LogP contribution in [0.2, 0.25) is 0 Å². The third-order valence-electron chi connectivity index (χ3n) is 9.54. The zero-order valence-corrected chi connectivity index (χ0v) is 25.2. The topological polar surface area (TPSA) is 90.0 Å². The van der Waals surface area contributed by atoms with E-state index in [-0.39, 0.29) is 47.7 Å². The van der Waals surface area contributed by atoms with Crippen molar-refractivity contribution in [3.63, 3.8) is 0 Å². The number of hydrogen-bond donors (Lipinski definition) is 2. The summed E-state index contributed by atoms with van der Waals surface area (Å²) in [5.41, 5.74) is -0.343. The number of nitrogens with one attached hydrogen (secondary N) is 1. The molecular formula is C32H47N3O4S. The average Bonchev–Trinajstić information content (AvgIpc) is 3.18. The van der Waals surface area contributed by atoms with Gasteiger partial charge in [-0.15, -0.1) is 11.8 Å². The van der Waals surface area contributed by atoms with Gasteiger partial charge in [-0.2, -0.15) is 0 Å². The smallest absolute Gasteiger partial charge is 0.237 e. The van der Waals surface area contributed by atoms with Crippen molar-refractivity contribution in [1.29, 1.82) is 0 Å². The van der Waals surface area contributed by atoms with Crippen LogP contribution in [0.5, 0.6) is 0 Å². The van der Waals surface area contributed by atoms with Gasteiger partial charge in [0.1, 0.15) is 0 Å². The SMILES string of the molecule is CC(C)(C)NC(=O)[C@@H]1CC2CCCCC2CN1CC(O)[C@H](CSc1ccccc1)N1C(=O)C2CCCCC2C1=O. The maximum atomic E-state index is 13.6. The number of aliphatic hydroxyl groups is 1. The minimum absolute atomic E-state index is 0.0123. The Labute approximate surface area is 243 Å². The minimum atomic E-state index is -0.936. The summed E-state index contributed by atoms with van der Waals surface area (Å²) in [6.45, 7) is 7.04. The maximum absolute atomic E-state index is 13.6. The monoisotopic (exact) mass is 569 g/mol. The first-order chi connectivity index (χ1) is 19.1. The lowest BCUT2D eigenvalue weighted by Crippen LogP contribution is -2.60. The van der Waals surface area contributed by atoms with Gasteiger partial charge in [0.25, 0.3) is 0 Å². The van der Waals surface area contributed by atoms with Crippen LogP contribution in [-0.2, 0) is 14.4 Å². The first-order valence-electron chi connectivity index (χ1n) is 15.4. The fraction of sp³-hybridized carbons (Fsp3) is 0.719. The summed E-state index contributed by atoms with van der Waals surface area (Å²) >= 11 is 1.57. The van der Waals surface area contributed by atoms with Crippen LogP contribution in [0.15, 0.2) is 35.2 Å². The molecule has 0 aromatic heterocycles. The molecule has 1 aromatic rings. The predicted octanol–water partition coefficient (Wildman–Crippen LogP) is 4.48. The minimum Gasteiger partial charge on any atom is -0.390 e. The molecule has 2 aliphatic carbocycles. The van der Waals surface area contributed by atoms with Gasteiger partial charge in [0, 0.05) is 29.3 Å².